The van der Waals surface area contributed by atoms with Gasteiger partial charge in [-0.05, 0) is 37.4 Å². The van der Waals surface area contributed by atoms with E-state index in [1.807, 2.05) is 12.1 Å². The lowest BCUT2D eigenvalue weighted by atomic mass is 10.2. The molecule has 176 valence electrons. The summed E-state index contributed by atoms with van der Waals surface area (Å²) in [7, 11) is 3.52. The van der Waals surface area contributed by atoms with Crippen molar-refractivity contribution in [3.63, 3.8) is 0 Å². The topological polar surface area (TPSA) is 71.3 Å². The molecule has 0 unspecified atom stereocenters. The van der Waals surface area contributed by atoms with Crippen molar-refractivity contribution in [2.24, 2.45) is 0 Å². The van der Waals surface area contributed by atoms with Gasteiger partial charge in [-0.2, -0.15) is 4.98 Å². The lowest BCUT2D eigenvalue weighted by Crippen LogP contribution is -2.44. The van der Waals surface area contributed by atoms with Crippen LogP contribution in [0.3, 0.4) is 0 Å². The molecule has 1 aliphatic heterocycles. The Balaban J connectivity index is 1.38. The number of pyridine rings is 1. The van der Waals surface area contributed by atoms with Crippen molar-refractivity contribution >= 4 is 28.5 Å². The number of fused-ring (bicyclic) bond motifs is 1. The number of anilines is 3. The van der Waals surface area contributed by atoms with E-state index in [2.05, 4.69) is 37.1 Å². The third-order valence-corrected chi connectivity index (χ3v) is 5.95. The Morgan fingerprint density at radius 2 is 1.76 bits per heavy atom. The number of halogens is 2. The first kappa shape index (κ1) is 22.2. The zero-order chi connectivity index (χ0) is 23.7. The zero-order valence-electron chi connectivity index (χ0n) is 19.0. The first-order valence-corrected chi connectivity index (χ1v) is 11.0. The molecule has 0 aliphatic carbocycles. The van der Waals surface area contributed by atoms with E-state index < -0.39 is 11.6 Å². The van der Waals surface area contributed by atoms with Gasteiger partial charge in [-0.3, -0.25) is 0 Å². The highest BCUT2D eigenvalue weighted by Gasteiger charge is 2.16. The highest BCUT2D eigenvalue weighted by atomic mass is 19.1. The Morgan fingerprint density at radius 1 is 1.00 bits per heavy atom. The van der Waals surface area contributed by atoms with Crippen LogP contribution in [0, 0.1) is 11.6 Å². The molecule has 10 heteroatoms. The Bertz CT molecular complexity index is 1280. The van der Waals surface area contributed by atoms with Crippen LogP contribution in [-0.4, -0.2) is 64.8 Å². The first-order chi connectivity index (χ1) is 16.5. The Morgan fingerprint density at radius 3 is 2.44 bits per heavy atom. The molecule has 0 amide bonds. The van der Waals surface area contributed by atoms with Crippen molar-refractivity contribution < 1.29 is 13.5 Å². The minimum absolute atomic E-state index is 0.104. The summed E-state index contributed by atoms with van der Waals surface area (Å²) in [5, 5.41) is 3.91. The highest BCUT2D eigenvalue weighted by molar-refractivity contribution is 5.78. The van der Waals surface area contributed by atoms with Gasteiger partial charge in [-0.15, -0.1) is 0 Å². The first-order valence-electron chi connectivity index (χ1n) is 11.0. The molecule has 3 aromatic heterocycles. The van der Waals surface area contributed by atoms with E-state index in [-0.39, 0.29) is 12.2 Å². The zero-order valence-corrected chi connectivity index (χ0v) is 19.0. The predicted octanol–water partition coefficient (Wildman–Crippen LogP) is 3.74. The van der Waals surface area contributed by atoms with Crippen molar-refractivity contribution in [1.29, 1.82) is 0 Å². The van der Waals surface area contributed by atoms with Gasteiger partial charge < -0.3 is 24.4 Å². The maximum Gasteiger partial charge on any atom is 0.229 e. The molecule has 1 aromatic carbocycles. The van der Waals surface area contributed by atoms with E-state index in [1.165, 1.54) is 19.2 Å². The minimum Gasteiger partial charge on any atom is -0.380 e. The average Bonchev–Trinajstić information content (AvgIpc) is 3.26. The van der Waals surface area contributed by atoms with Crippen LogP contribution in [0.2, 0.25) is 0 Å². The van der Waals surface area contributed by atoms with Crippen molar-refractivity contribution in [2.75, 3.05) is 50.6 Å². The number of hydrogen-bond acceptors (Lipinski definition) is 7. The number of methoxy groups -OCH3 is 1. The van der Waals surface area contributed by atoms with Crippen LogP contribution in [0.15, 0.2) is 48.9 Å². The smallest absolute Gasteiger partial charge is 0.229 e. The second-order valence-corrected chi connectivity index (χ2v) is 8.30. The molecule has 0 saturated carbocycles. The fourth-order valence-electron chi connectivity index (χ4n) is 4.01. The predicted molar refractivity (Wildman–Crippen MR) is 127 cm³/mol. The molecule has 1 aliphatic rings. The van der Waals surface area contributed by atoms with E-state index in [0.29, 0.717) is 17.3 Å². The summed E-state index contributed by atoms with van der Waals surface area (Å²) in [6.07, 6.45) is 5.12. The molecule has 0 radical (unpaired) electrons. The van der Waals surface area contributed by atoms with E-state index in [9.17, 15) is 8.78 Å². The van der Waals surface area contributed by atoms with Gasteiger partial charge in [-0.25, -0.2) is 18.7 Å². The minimum atomic E-state index is -0.669. The number of aromatic nitrogens is 4. The van der Waals surface area contributed by atoms with Crippen molar-refractivity contribution in [2.45, 2.75) is 6.61 Å². The summed E-state index contributed by atoms with van der Waals surface area (Å²) in [6.45, 7) is 3.78. The number of piperazine rings is 1. The largest absolute Gasteiger partial charge is 0.380 e. The molecule has 4 heterocycles. The van der Waals surface area contributed by atoms with Crippen LogP contribution in [0.4, 0.5) is 26.2 Å². The summed E-state index contributed by atoms with van der Waals surface area (Å²) in [6, 6.07) is 8.25. The van der Waals surface area contributed by atoms with Gasteiger partial charge in [0.25, 0.3) is 0 Å². The fourth-order valence-corrected chi connectivity index (χ4v) is 4.01. The molecule has 8 nitrogen and oxygen atoms in total. The second kappa shape index (κ2) is 9.32. The fraction of sp³-hybridized carbons (Fsp3) is 0.292. The lowest BCUT2D eigenvalue weighted by molar-refractivity contribution is 0.177. The van der Waals surface area contributed by atoms with Crippen molar-refractivity contribution in [3.8, 4) is 5.69 Å². The van der Waals surface area contributed by atoms with Crippen LogP contribution >= 0.6 is 0 Å². The third-order valence-electron chi connectivity index (χ3n) is 5.95. The van der Waals surface area contributed by atoms with Gasteiger partial charge in [0, 0.05) is 56.6 Å². The van der Waals surface area contributed by atoms with E-state index in [4.69, 9.17) is 4.74 Å². The molecule has 0 bridgehead atoms. The average molecular weight is 466 g/mol. The molecule has 0 spiro atoms. The number of nitrogens with one attached hydrogen (secondary N) is 1. The molecular formula is C24H25F2N7O. The quantitative estimate of drug-likeness (QED) is 0.465. The molecule has 34 heavy (non-hydrogen) atoms. The Kier molecular flexibility index (Phi) is 6.08. The second-order valence-electron chi connectivity index (χ2n) is 8.30. The van der Waals surface area contributed by atoms with Gasteiger partial charge in [0.05, 0.1) is 24.2 Å². The van der Waals surface area contributed by atoms with Crippen LogP contribution in [0.25, 0.3) is 16.7 Å². The molecule has 4 aromatic rings. The Labute approximate surface area is 195 Å². The van der Waals surface area contributed by atoms with Gasteiger partial charge in [0.1, 0.15) is 23.1 Å². The number of nitrogens with zero attached hydrogens (tertiary/aromatic N) is 6. The molecule has 0 atom stereocenters. The summed E-state index contributed by atoms with van der Waals surface area (Å²) >= 11 is 0. The number of benzene rings is 1. The lowest BCUT2D eigenvalue weighted by Gasteiger charge is -2.33. The summed E-state index contributed by atoms with van der Waals surface area (Å²) in [5.41, 5.74) is 1.49. The number of likely N-dealkylation sites (N-methyl/N-ethyl adjacent to an activating group) is 1. The molecule has 1 N–H and O–H groups in total. The van der Waals surface area contributed by atoms with Gasteiger partial charge in [0.15, 0.2) is 0 Å². The molecule has 1 fully saturated rings. The maximum atomic E-state index is 14.5. The van der Waals surface area contributed by atoms with E-state index in [0.717, 1.165) is 43.1 Å². The highest BCUT2D eigenvalue weighted by Crippen LogP contribution is 2.25. The Hall–Kier alpha value is -3.63. The van der Waals surface area contributed by atoms with Gasteiger partial charge in [-0.1, -0.05) is 0 Å². The third kappa shape index (κ3) is 4.42. The normalized spacial score (nSPS) is 14.6. The van der Waals surface area contributed by atoms with Crippen LogP contribution in [-0.2, 0) is 11.3 Å². The van der Waals surface area contributed by atoms with E-state index >= 15 is 0 Å². The standard InChI is InChI=1S/C24H25F2N7O/c1-31-7-9-32(10-8-31)22-4-3-17(14-27-22)29-24-28-13-16-5-6-33(23(16)30-24)18-11-20(25)19(15-34-2)21(26)12-18/h3-6,11-14H,7-10,15H2,1-2H3,(H,28,29,30). The van der Waals surface area contributed by atoms with Gasteiger partial charge in [0.2, 0.25) is 5.95 Å². The number of rotatable bonds is 6. The summed E-state index contributed by atoms with van der Waals surface area (Å²) in [4.78, 5) is 18.1. The van der Waals surface area contributed by atoms with E-state index in [1.54, 1.807) is 29.2 Å². The van der Waals surface area contributed by atoms with Gasteiger partial charge >= 0.3 is 0 Å². The van der Waals surface area contributed by atoms with Crippen LogP contribution in [0.5, 0.6) is 0 Å². The molecule has 1 saturated heterocycles. The number of hydrogen-bond donors (Lipinski definition) is 1. The SMILES string of the molecule is COCc1c(F)cc(-n2ccc3cnc(Nc4ccc(N5CCN(C)CC5)nc4)nc32)cc1F. The monoisotopic (exact) mass is 465 g/mol. The summed E-state index contributed by atoms with van der Waals surface area (Å²) in [5.74, 6) is -0.0429. The molecular weight excluding hydrogens is 440 g/mol. The van der Waals surface area contributed by atoms with Crippen LogP contribution in [0.1, 0.15) is 5.56 Å². The summed E-state index contributed by atoms with van der Waals surface area (Å²) < 4.78 is 35.4. The maximum absolute atomic E-state index is 14.5. The number of ether oxygens (including phenoxy) is 1. The van der Waals surface area contributed by atoms with Crippen molar-refractivity contribution in [3.05, 3.63) is 66.1 Å². The van der Waals surface area contributed by atoms with Crippen molar-refractivity contribution in [1.82, 2.24) is 24.4 Å². The van der Waals surface area contributed by atoms with Crippen LogP contribution < -0.4 is 10.2 Å². The molecule has 5 rings (SSSR count).